The SMILES string of the molecule is Cn1cncc1C(=O)NC(C)(C)CCC(=O)O. The van der Waals surface area contributed by atoms with Crippen molar-refractivity contribution in [1.29, 1.82) is 0 Å². The Morgan fingerprint density at radius 2 is 2.18 bits per heavy atom. The van der Waals surface area contributed by atoms with E-state index in [2.05, 4.69) is 10.3 Å². The van der Waals surface area contributed by atoms with Crippen LogP contribution in [-0.2, 0) is 11.8 Å². The van der Waals surface area contributed by atoms with Gasteiger partial charge in [-0.3, -0.25) is 9.59 Å². The molecular weight excluding hydrogens is 222 g/mol. The maximum Gasteiger partial charge on any atom is 0.303 e. The molecule has 0 aliphatic carbocycles. The summed E-state index contributed by atoms with van der Waals surface area (Å²) in [6, 6.07) is 0. The van der Waals surface area contributed by atoms with E-state index >= 15 is 0 Å². The molecule has 6 nitrogen and oxygen atoms in total. The fraction of sp³-hybridized carbons (Fsp3) is 0.545. The molecule has 0 saturated heterocycles. The number of nitrogens with one attached hydrogen (secondary N) is 1. The van der Waals surface area contributed by atoms with Gasteiger partial charge in [0.25, 0.3) is 5.91 Å². The van der Waals surface area contributed by atoms with Crippen molar-refractivity contribution in [3.05, 3.63) is 18.2 Å². The van der Waals surface area contributed by atoms with E-state index in [1.54, 1.807) is 31.8 Å². The summed E-state index contributed by atoms with van der Waals surface area (Å²) < 4.78 is 1.61. The van der Waals surface area contributed by atoms with E-state index in [0.29, 0.717) is 12.1 Å². The molecule has 0 atom stereocenters. The minimum atomic E-state index is -0.868. The van der Waals surface area contributed by atoms with E-state index in [-0.39, 0.29) is 12.3 Å². The van der Waals surface area contributed by atoms with Crippen LogP contribution in [-0.4, -0.2) is 32.1 Å². The number of hydrogen-bond donors (Lipinski definition) is 2. The quantitative estimate of drug-likeness (QED) is 0.795. The van der Waals surface area contributed by atoms with Crippen LogP contribution in [0.1, 0.15) is 37.2 Å². The van der Waals surface area contributed by atoms with Crippen molar-refractivity contribution in [2.75, 3.05) is 0 Å². The number of imidazole rings is 1. The van der Waals surface area contributed by atoms with E-state index in [1.165, 1.54) is 6.20 Å². The van der Waals surface area contributed by atoms with Crippen molar-refractivity contribution in [3.63, 3.8) is 0 Å². The van der Waals surface area contributed by atoms with Crippen molar-refractivity contribution in [3.8, 4) is 0 Å². The number of amides is 1. The van der Waals surface area contributed by atoms with Gasteiger partial charge in [-0.1, -0.05) is 0 Å². The fourth-order valence-corrected chi connectivity index (χ4v) is 1.43. The summed E-state index contributed by atoms with van der Waals surface area (Å²) in [5, 5.41) is 11.4. The first kappa shape index (κ1) is 13.2. The number of hydrogen-bond acceptors (Lipinski definition) is 3. The predicted molar refractivity (Wildman–Crippen MR) is 61.6 cm³/mol. The van der Waals surface area contributed by atoms with Gasteiger partial charge in [0, 0.05) is 19.0 Å². The van der Waals surface area contributed by atoms with Gasteiger partial charge in [0.2, 0.25) is 0 Å². The summed E-state index contributed by atoms with van der Waals surface area (Å²) in [7, 11) is 1.73. The molecule has 0 aliphatic rings. The Hall–Kier alpha value is -1.85. The largest absolute Gasteiger partial charge is 0.481 e. The Kier molecular flexibility index (Phi) is 3.88. The minimum absolute atomic E-state index is 0.0265. The molecule has 0 aliphatic heterocycles. The summed E-state index contributed by atoms with van der Waals surface area (Å²) in [4.78, 5) is 26.2. The van der Waals surface area contributed by atoms with Gasteiger partial charge >= 0.3 is 5.97 Å². The van der Waals surface area contributed by atoms with Gasteiger partial charge in [0.05, 0.1) is 12.5 Å². The Labute approximate surface area is 99.7 Å². The maximum absolute atomic E-state index is 11.9. The lowest BCUT2D eigenvalue weighted by Gasteiger charge is -2.25. The van der Waals surface area contributed by atoms with Crippen molar-refractivity contribution >= 4 is 11.9 Å². The van der Waals surface area contributed by atoms with Gasteiger partial charge < -0.3 is 15.0 Å². The number of carbonyl (C=O) groups is 2. The molecule has 0 saturated carbocycles. The molecule has 1 aromatic rings. The standard InChI is InChI=1S/C11H17N3O3/c1-11(2,5-4-9(15)16)13-10(17)8-6-12-7-14(8)3/h6-7H,4-5H2,1-3H3,(H,13,17)(H,15,16). The summed E-state index contributed by atoms with van der Waals surface area (Å²) in [6.45, 7) is 3.59. The van der Waals surface area contributed by atoms with Gasteiger partial charge in [0.1, 0.15) is 5.69 Å². The number of aryl methyl sites for hydroxylation is 1. The number of carboxylic acid groups (broad SMARTS) is 1. The number of carbonyl (C=O) groups excluding carboxylic acids is 1. The molecule has 17 heavy (non-hydrogen) atoms. The van der Waals surface area contributed by atoms with Gasteiger partial charge in [-0.05, 0) is 20.3 Å². The molecule has 0 aromatic carbocycles. The molecular formula is C11H17N3O3. The number of nitrogens with zero attached hydrogens (tertiary/aromatic N) is 2. The molecule has 2 N–H and O–H groups in total. The van der Waals surface area contributed by atoms with Crippen LogP contribution < -0.4 is 5.32 Å². The first-order valence-electron chi connectivity index (χ1n) is 5.32. The fourth-order valence-electron chi connectivity index (χ4n) is 1.43. The lowest BCUT2D eigenvalue weighted by atomic mass is 9.98. The third-order valence-electron chi connectivity index (χ3n) is 2.47. The normalized spacial score (nSPS) is 11.2. The second kappa shape index (κ2) is 4.99. The number of aliphatic carboxylic acids is 1. The molecule has 0 fully saturated rings. The Morgan fingerprint density at radius 1 is 1.53 bits per heavy atom. The van der Waals surface area contributed by atoms with E-state index in [4.69, 9.17) is 5.11 Å². The monoisotopic (exact) mass is 239 g/mol. The lowest BCUT2D eigenvalue weighted by molar-refractivity contribution is -0.137. The first-order chi connectivity index (χ1) is 7.82. The minimum Gasteiger partial charge on any atom is -0.481 e. The van der Waals surface area contributed by atoms with Crippen molar-refractivity contribution in [2.45, 2.75) is 32.2 Å². The summed E-state index contributed by atoms with van der Waals surface area (Å²) in [5.41, 5.74) is -0.104. The van der Waals surface area contributed by atoms with Gasteiger partial charge in [-0.15, -0.1) is 0 Å². The highest BCUT2D eigenvalue weighted by molar-refractivity contribution is 5.92. The number of aromatic nitrogens is 2. The highest BCUT2D eigenvalue weighted by atomic mass is 16.4. The van der Waals surface area contributed by atoms with E-state index in [0.717, 1.165) is 0 Å². The second-order valence-electron chi connectivity index (χ2n) is 4.62. The van der Waals surface area contributed by atoms with Gasteiger partial charge in [-0.2, -0.15) is 0 Å². The maximum atomic E-state index is 11.9. The van der Waals surface area contributed by atoms with Crippen LogP contribution in [0.3, 0.4) is 0 Å². The topological polar surface area (TPSA) is 84.2 Å². The van der Waals surface area contributed by atoms with E-state index < -0.39 is 11.5 Å². The van der Waals surface area contributed by atoms with E-state index in [9.17, 15) is 9.59 Å². The van der Waals surface area contributed by atoms with Crippen LogP contribution >= 0.6 is 0 Å². The third kappa shape index (κ3) is 3.90. The molecule has 1 amide bonds. The molecule has 1 heterocycles. The van der Waals surface area contributed by atoms with Crippen molar-refractivity contribution in [2.24, 2.45) is 7.05 Å². The van der Waals surface area contributed by atoms with Crippen LogP contribution in [0.4, 0.5) is 0 Å². The molecule has 1 aromatic heterocycles. The molecule has 0 unspecified atom stereocenters. The van der Waals surface area contributed by atoms with Gasteiger partial charge in [0.15, 0.2) is 0 Å². The van der Waals surface area contributed by atoms with Crippen LogP contribution in [0, 0.1) is 0 Å². The molecule has 0 bridgehead atoms. The molecule has 0 radical (unpaired) electrons. The Bertz CT molecular complexity index is 423. The third-order valence-corrected chi connectivity index (χ3v) is 2.47. The highest BCUT2D eigenvalue weighted by Crippen LogP contribution is 2.12. The van der Waals surface area contributed by atoms with Crippen molar-refractivity contribution < 1.29 is 14.7 Å². The van der Waals surface area contributed by atoms with Crippen LogP contribution in [0.5, 0.6) is 0 Å². The lowest BCUT2D eigenvalue weighted by Crippen LogP contribution is -2.44. The average Bonchev–Trinajstić information content (AvgIpc) is 2.61. The number of rotatable bonds is 5. The van der Waals surface area contributed by atoms with Crippen molar-refractivity contribution in [1.82, 2.24) is 14.9 Å². The Morgan fingerprint density at radius 3 is 2.65 bits per heavy atom. The van der Waals surface area contributed by atoms with Crippen LogP contribution in [0.15, 0.2) is 12.5 Å². The smallest absolute Gasteiger partial charge is 0.303 e. The number of carboxylic acids is 1. The molecule has 94 valence electrons. The zero-order chi connectivity index (χ0) is 13.1. The summed E-state index contributed by atoms with van der Waals surface area (Å²) >= 11 is 0. The summed E-state index contributed by atoms with van der Waals surface area (Å²) in [5.74, 6) is -1.12. The zero-order valence-corrected chi connectivity index (χ0v) is 10.2. The van der Waals surface area contributed by atoms with Crippen LogP contribution in [0.2, 0.25) is 0 Å². The molecule has 1 rings (SSSR count). The molecule has 6 heteroatoms. The second-order valence-corrected chi connectivity index (χ2v) is 4.62. The van der Waals surface area contributed by atoms with Gasteiger partial charge in [-0.25, -0.2) is 4.98 Å². The summed E-state index contributed by atoms with van der Waals surface area (Å²) in [6.07, 6.45) is 3.42. The predicted octanol–water partition coefficient (Wildman–Crippen LogP) is 0.793. The van der Waals surface area contributed by atoms with E-state index in [1.807, 2.05) is 0 Å². The Balaban J connectivity index is 2.61. The average molecular weight is 239 g/mol. The zero-order valence-electron chi connectivity index (χ0n) is 10.2. The highest BCUT2D eigenvalue weighted by Gasteiger charge is 2.23. The first-order valence-corrected chi connectivity index (χ1v) is 5.32. The van der Waals surface area contributed by atoms with Crippen LogP contribution in [0.25, 0.3) is 0 Å². The molecule has 0 spiro atoms.